The van der Waals surface area contributed by atoms with Crippen LogP contribution in [0.3, 0.4) is 0 Å². The summed E-state index contributed by atoms with van der Waals surface area (Å²) in [5, 5.41) is 7.50. The summed E-state index contributed by atoms with van der Waals surface area (Å²) in [6.07, 6.45) is 4.03. The third kappa shape index (κ3) is 2.43. The largest absolute Gasteiger partial charge is 0.313 e. The molecule has 0 bridgehead atoms. The fraction of sp³-hybridized carbons (Fsp3) is 0.750. The highest BCUT2D eigenvalue weighted by atomic mass is 19.1. The zero-order chi connectivity index (χ0) is 11.6. The van der Waals surface area contributed by atoms with Crippen molar-refractivity contribution in [3.63, 3.8) is 0 Å². The molecule has 0 spiro atoms. The maximum atomic E-state index is 14.2. The van der Waals surface area contributed by atoms with Crippen molar-refractivity contribution in [2.45, 2.75) is 44.8 Å². The van der Waals surface area contributed by atoms with Gasteiger partial charge in [-0.05, 0) is 32.4 Å². The topological polar surface area (TPSA) is 29.9 Å². The lowest BCUT2D eigenvalue weighted by molar-refractivity contribution is 0.188. The summed E-state index contributed by atoms with van der Waals surface area (Å²) >= 11 is 0. The predicted octanol–water partition coefficient (Wildman–Crippen LogP) is 2.10. The first kappa shape index (κ1) is 11.6. The SMILES string of the molecule is CCC(C)n1ccc(CC2(F)CCNC2)n1. The average Bonchev–Trinajstić information content (AvgIpc) is 2.87. The van der Waals surface area contributed by atoms with Crippen LogP contribution in [0.15, 0.2) is 12.3 Å². The number of aromatic nitrogens is 2. The number of hydrogen-bond donors (Lipinski definition) is 1. The van der Waals surface area contributed by atoms with Gasteiger partial charge in [-0.25, -0.2) is 4.39 Å². The van der Waals surface area contributed by atoms with Crippen LogP contribution in [0.1, 0.15) is 38.4 Å². The molecule has 1 aliphatic heterocycles. The highest BCUT2D eigenvalue weighted by Crippen LogP contribution is 2.24. The van der Waals surface area contributed by atoms with Crippen molar-refractivity contribution in [2.24, 2.45) is 0 Å². The quantitative estimate of drug-likeness (QED) is 0.850. The van der Waals surface area contributed by atoms with Gasteiger partial charge < -0.3 is 5.32 Å². The average molecular weight is 225 g/mol. The molecule has 0 radical (unpaired) electrons. The molecular formula is C12H20FN3. The van der Waals surface area contributed by atoms with Crippen molar-refractivity contribution in [3.8, 4) is 0 Å². The zero-order valence-corrected chi connectivity index (χ0v) is 10.0. The number of hydrogen-bond acceptors (Lipinski definition) is 2. The molecule has 16 heavy (non-hydrogen) atoms. The molecule has 1 N–H and O–H groups in total. The van der Waals surface area contributed by atoms with E-state index in [-0.39, 0.29) is 0 Å². The number of nitrogens with one attached hydrogen (secondary N) is 1. The number of halogens is 1. The Kier molecular flexibility index (Phi) is 3.28. The molecule has 3 nitrogen and oxygen atoms in total. The van der Waals surface area contributed by atoms with Crippen LogP contribution < -0.4 is 5.32 Å². The van der Waals surface area contributed by atoms with E-state index < -0.39 is 5.67 Å². The molecule has 1 aliphatic rings. The van der Waals surface area contributed by atoms with Crippen LogP contribution in [0.5, 0.6) is 0 Å². The summed E-state index contributed by atoms with van der Waals surface area (Å²) in [4.78, 5) is 0. The first-order valence-corrected chi connectivity index (χ1v) is 6.07. The van der Waals surface area contributed by atoms with E-state index >= 15 is 0 Å². The summed E-state index contributed by atoms with van der Waals surface area (Å²) in [7, 11) is 0. The third-order valence-electron chi connectivity index (χ3n) is 3.40. The molecule has 1 aromatic heterocycles. The van der Waals surface area contributed by atoms with Gasteiger partial charge >= 0.3 is 0 Å². The van der Waals surface area contributed by atoms with Crippen molar-refractivity contribution < 1.29 is 4.39 Å². The molecule has 0 amide bonds. The van der Waals surface area contributed by atoms with Crippen molar-refractivity contribution in [3.05, 3.63) is 18.0 Å². The second-order valence-corrected chi connectivity index (χ2v) is 4.80. The highest BCUT2D eigenvalue weighted by molar-refractivity contribution is 5.06. The Bertz CT molecular complexity index is 342. The lowest BCUT2D eigenvalue weighted by Gasteiger charge is -2.16. The smallest absolute Gasteiger partial charge is 0.130 e. The molecule has 1 saturated heterocycles. The molecule has 1 fully saturated rings. The molecule has 2 atom stereocenters. The van der Waals surface area contributed by atoms with Crippen molar-refractivity contribution in [1.82, 2.24) is 15.1 Å². The Balaban J connectivity index is 2.02. The van der Waals surface area contributed by atoms with E-state index in [4.69, 9.17) is 0 Å². The van der Waals surface area contributed by atoms with Crippen LogP contribution in [0.25, 0.3) is 0 Å². The van der Waals surface area contributed by atoms with Gasteiger partial charge in [0, 0.05) is 25.2 Å². The predicted molar refractivity (Wildman–Crippen MR) is 62.3 cm³/mol. The summed E-state index contributed by atoms with van der Waals surface area (Å²) in [5.74, 6) is 0. The van der Waals surface area contributed by atoms with Gasteiger partial charge in [0.25, 0.3) is 0 Å². The maximum Gasteiger partial charge on any atom is 0.130 e. The van der Waals surface area contributed by atoms with Gasteiger partial charge in [0.1, 0.15) is 5.67 Å². The van der Waals surface area contributed by atoms with Crippen molar-refractivity contribution in [2.75, 3.05) is 13.1 Å². The Morgan fingerprint density at radius 2 is 2.50 bits per heavy atom. The van der Waals surface area contributed by atoms with Gasteiger partial charge in [0.05, 0.1) is 5.69 Å². The van der Waals surface area contributed by atoms with Gasteiger partial charge in [-0.2, -0.15) is 5.10 Å². The van der Waals surface area contributed by atoms with Crippen LogP contribution in [0, 0.1) is 0 Å². The molecule has 2 rings (SSSR count). The van der Waals surface area contributed by atoms with Gasteiger partial charge in [-0.3, -0.25) is 4.68 Å². The fourth-order valence-electron chi connectivity index (χ4n) is 2.09. The molecular weight excluding hydrogens is 205 g/mol. The van der Waals surface area contributed by atoms with E-state index in [0.717, 1.165) is 18.7 Å². The first-order chi connectivity index (χ1) is 7.63. The molecule has 0 aromatic carbocycles. The molecule has 2 heterocycles. The van der Waals surface area contributed by atoms with E-state index in [1.807, 2.05) is 16.9 Å². The molecule has 2 unspecified atom stereocenters. The number of nitrogens with zero attached hydrogens (tertiary/aromatic N) is 2. The van der Waals surface area contributed by atoms with Gasteiger partial charge in [-0.1, -0.05) is 6.92 Å². The Labute approximate surface area is 96.0 Å². The van der Waals surface area contributed by atoms with Crippen LogP contribution in [0.4, 0.5) is 4.39 Å². The van der Waals surface area contributed by atoms with E-state index in [2.05, 4.69) is 24.3 Å². The summed E-state index contributed by atoms with van der Waals surface area (Å²) < 4.78 is 16.1. The normalized spacial score (nSPS) is 27.2. The summed E-state index contributed by atoms with van der Waals surface area (Å²) in [6.45, 7) is 5.49. The molecule has 0 saturated carbocycles. The number of alkyl halides is 1. The number of rotatable bonds is 4. The summed E-state index contributed by atoms with van der Waals surface area (Å²) in [6, 6.07) is 2.33. The van der Waals surface area contributed by atoms with Crippen LogP contribution in [0.2, 0.25) is 0 Å². The fourth-order valence-corrected chi connectivity index (χ4v) is 2.09. The minimum Gasteiger partial charge on any atom is -0.313 e. The van der Waals surface area contributed by atoms with Gasteiger partial charge in [0.15, 0.2) is 0 Å². The Hall–Kier alpha value is -0.900. The van der Waals surface area contributed by atoms with Crippen LogP contribution >= 0.6 is 0 Å². The standard InChI is InChI=1S/C12H20FN3/c1-3-10(2)16-7-4-11(15-16)8-12(13)5-6-14-9-12/h4,7,10,14H,3,5-6,8-9H2,1-2H3. The van der Waals surface area contributed by atoms with E-state index in [9.17, 15) is 4.39 Å². The second kappa shape index (κ2) is 4.53. The first-order valence-electron chi connectivity index (χ1n) is 6.07. The lowest BCUT2D eigenvalue weighted by Crippen LogP contribution is -2.28. The van der Waals surface area contributed by atoms with Crippen molar-refractivity contribution in [1.29, 1.82) is 0 Å². The van der Waals surface area contributed by atoms with E-state index in [1.54, 1.807) is 0 Å². The minimum atomic E-state index is -1.09. The summed E-state index contributed by atoms with van der Waals surface area (Å²) in [5.41, 5.74) is -0.222. The highest BCUT2D eigenvalue weighted by Gasteiger charge is 2.34. The van der Waals surface area contributed by atoms with E-state index in [0.29, 0.717) is 25.4 Å². The molecule has 1 aromatic rings. The molecule has 4 heteroatoms. The Morgan fingerprint density at radius 3 is 3.12 bits per heavy atom. The lowest BCUT2D eigenvalue weighted by atomic mass is 9.99. The van der Waals surface area contributed by atoms with Crippen molar-refractivity contribution >= 4 is 0 Å². The molecule has 90 valence electrons. The van der Waals surface area contributed by atoms with Crippen LogP contribution in [-0.4, -0.2) is 28.5 Å². The Morgan fingerprint density at radius 1 is 1.69 bits per heavy atom. The van der Waals surface area contributed by atoms with E-state index in [1.165, 1.54) is 0 Å². The minimum absolute atomic E-state index is 0.394. The van der Waals surface area contributed by atoms with Crippen LogP contribution in [-0.2, 0) is 6.42 Å². The second-order valence-electron chi connectivity index (χ2n) is 4.80. The zero-order valence-electron chi connectivity index (χ0n) is 10.0. The monoisotopic (exact) mass is 225 g/mol. The van der Waals surface area contributed by atoms with Gasteiger partial charge in [0.2, 0.25) is 0 Å². The third-order valence-corrected chi connectivity index (χ3v) is 3.40. The molecule has 0 aliphatic carbocycles. The van der Waals surface area contributed by atoms with Gasteiger partial charge in [-0.15, -0.1) is 0 Å². The maximum absolute atomic E-state index is 14.2.